The molecule has 6 rings (SSSR count). The standard InChI is InChI=1S/C16H26NO6PS/c1-24-25(18,19)17-4-2-15(3-5-17)20-22-16(23-21-15)13-7-11-6-12(9-13)10-14(16)8-11/h11-14,24H,2-10H2,1H3. The molecule has 6 aliphatic rings. The Hall–Kier alpha value is 0.180. The van der Waals surface area contributed by atoms with E-state index in [1.807, 2.05) is 0 Å². The molecule has 0 amide bonds. The first-order valence-corrected chi connectivity index (χ1v) is 13.0. The maximum atomic E-state index is 12.0. The third-order valence-electron chi connectivity index (χ3n) is 7.01. The Labute approximate surface area is 150 Å². The zero-order valence-corrected chi connectivity index (χ0v) is 16.3. The SMILES string of the molecule is CPS(=O)(=O)N1CCC2(CC1)OOC1(OO2)C2CC3CC(C2)CC1C3. The molecule has 2 aliphatic heterocycles. The van der Waals surface area contributed by atoms with Crippen LogP contribution in [0.5, 0.6) is 0 Å². The van der Waals surface area contributed by atoms with Crippen molar-refractivity contribution in [1.29, 1.82) is 0 Å². The molecule has 4 saturated carbocycles. The monoisotopic (exact) mass is 391 g/mol. The first-order chi connectivity index (χ1) is 11.9. The lowest BCUT2D eigenvalue weighted by Crippen LogP contribution is -2.65. The molecule has 0 aromatic carbocycles. The molecule has 0 aromatic rings. The van der Waals surface area contributed by atoms with Gasteiger partial charge in [-0.15, -0.1) is 0 Å². The highest BCUT2D eigenvalue weighted by atomic mass is 32.8. The van der Waals surface area contributed by atoms with Crippen molar-refractivity contribution in [1.82, 2.24) is 4.31 Å². The van der Waals surface area contributed by atoms with Crippen molar-refractivity contribution < 1.29 is 28.0 Å². The first kappa shape index (κ1) is 17.3. The van der Waals surface area contributed by atoms with Crippen LogP contribution in [0.15, 0.2) is 0 Å². The molecule has 2 heterocycles. The summed E-state index contributed by atoms with van der Waals surface area (Å²) >= 11 is 0. The fraction of sp³-hybridized carbons (Fsp3) is 1.00. The highest BCUT2D eigenvalue weighted by Gasteiger charge is 2.64. The Kier molecular flexibility index (Phi) is 4.04. The van der Waals surface area contributed by atoms with Crippen LogP contribution < -0.4 is 0 Å². The quantitative estimate of drug-likeness (QED) is 0.532. The molecule has 142 valence electrons. The molecule has 0 aromatic heterocycles. The summed E-state index contributed by atoms with van der Waals surface area (Å²) in [5.74, 6) is 0.597. The highest BCUT2D eigenvalue weighted by Crippen LogP contribution is 2.61. The van der Waals surface area contributed by atoms with Crippen molar-refractivity contribution in [3.05, 3.63) is 0 Å². The van der Waals surface area contributed by atoms with Crippen LogP contribution in [0.2, 0.25) is 0 Å². The second-order valence-electron chi connectivity index (χ2n) is 8.38. The van der Waals surface area contributed by atoms with Crippen molar-refractivity contribution in [2.24, 2.45) is 23.7 Å². The van der Waals surface area contributed by atoms with E-state index >= 15 is 0 Å². The Morgan fingerprint density at radius 1 is 0.880 bits per heavy atom. The number of hydrogen-bond donors (Lipinski definition) is 0. The Bertz CT molecular complexity index is 607. The zero-order valence-electron chi connectivity index (χ0n) is 14.5. The summed E-state index contributed by atoms with van der Waals surface area (Å²) in [7, 11) is -3.28. The van der Waals surface area contributed by atoms with Crippen molar-refractivity contribution in [2.75, 3.05) is 19.8 Å². The van der Waals surface area contributed by atoms with Gasteiger partial charge in [0.1, 0.15) is 0 Å². The van der Waals surface area contributed by atoms with Gasteiger partial charge in [-0.25, -0.2) is 8.42 Å². The summed E-state index contributed by atoms with van der Waals surface area (Å²) in [4.78, 5) is 23.6. The van der Waals surface area contributed by atoms with Crippen LogP contribution in [0.3, 0.4) is 0 Å². The van der Waals surface area contributed by atoms with Crippen molar-refractivity contribution >= 4 is 17.4 Å². The van der Waals surface area contributed by atoms with E-state index < -0.39 is 21.2 Å². The topological polar surface area (TPSA) is 74.3 Å². The minimum Gasteiger partial charge on any atom is -0.208 e. The molecule has 0 radical (unpaired) electrons. The smallest absolute Gasteiger partial charge is 0.208 e. The molecule has 6 fully saturated rings. The van der Waals surface area contributed by atoms with Crippen LogP contribution in [0.25, 0.3) is 0 Å². The second-order valence-corrected chi connectivity index (χ2v) is 13.0. The lowest BCUT2D eigenvalue weighted by Gasteiger charge is -2.60. The summed E-state index contributed by atoms with van der Waals surface area (Å²) in [6, 6.07) is 0. The zero-order chi connectivity index (χ0) is 17.3. The predicted molar refractivity (Wildman–Crippen MR) is 90.8 cm³/mol. The van der Waals surface area contributed by atoms with Gasteiger partial charge in [0.25, 0.3) is 0 Å². The number of rotatable bonds is 2. The van der Waals surface area contributed by atoms with Gasteiger partial charge >= 0.3 is 0 Å². The third kappa shape index (κ3) is 2.64. The van der Waals surface area contributed by atoms with Crippen molar-refractivity contribution in [3.63, 3.8) is 0 Å². The van der Waals surface area contributed by atoms with Crippen molar-refractivity contribution in [3.8, 4) is 0 Å². The third-order valence-corrected chi connectivity index (χ3v) is 10.9. The van der Waals surface area contributed by atoms with Gasteiger partial charge in [0, 0.05) is 45.5 Å². The molecular weight excluding hydrogens is 365 g/mol. The minimum absolute atomic E-state index is 0.132. The van der Waals surface area contributed by atoms with Gasteiger partial charge in [-0.1, -0.05) is 0 Å². The van der Waals surface area contributed by atoms with E-state index in [0.717, 1.165) is 37.5 Å². The normalized spacial score (nSPS) is 42.8. The van der Waals surface area contributed by atoms with Gasteiger partial charge in [0.2, 0.25) is 21.2 Å². The van der Waals surface area contributed by atoms with E-state index in [-0.39, 0.29) is 7.78 Å². The molecule has 2 spiro atoms. The molecule has 7 nitrogen and oxygen atoms in total. The minimum atomic E-state index is -3.15. The van der Waals surface area contributed by atoms with Crippen LogP contribution in [-0.2, 0) is 29.2 Å². The summed E-state index contributed by atoms with van der Waals surface area (Å²) in [5, 5.41) is 0. The van der Waals surface area contributed by atoms with Gasteiger partial charge in [-0.05, 0) is 50.6 Å². The number of piperidine rings is 1. The van der Waals surface area contributed by atoms with Gasteiger partial charge in [-0.2, -0.15) is 23.9 Å². The molecule has 25 heavy (non-hydrogen) atoms. The highest BCUT2D eigenvalue weighted by molar-refractivity contribution is 8.42. The maximum absolute atomic E-state index is 12.0. The Morgan fingerprint density at radius 3 is 1.88 bits per heavy atom. The lowest BCUT2D eigenvalue weighted by atomic mass is 9.53. The maximum Gasteiger partial charge on any atom is 0.239 e. The number of nitrogens with zero attached hydrogens (tertiary/aromatic N) is 1. The van der Waals surface area contributed by atoms with Crippen LogP contribution in [0, 0.1) is 23.7 Å². The van der Waals surface area contributed by atoms with E-state index in [9.17, 15) is 8.42 Å². The fourth-order valence-electron chi connectivity index (χ4n) is 5.79. The predicted octanol–water partition coefficient (Wildman–Crippen LogP) is 2.39. The molecule has 1 atom stereocenters. The van der Waals surface area contributed by atoms with Crippen LogP contribution in [0.4, 0.5) is 0 Å². The summed E-state index contributed by atoms with van der Waals surface area (Å²) in [5.41, 5.74) is 0. The molecule has 4 aliphatic carbocycles. The molecule has 4 bridgehead atoms. The second kappa shape index (κ2) is 5.84. The van der Waals surface area contributed by atoms with Crippen LogP contribution in [0.1, 0.15) is 44.9 Å². The van der Waals surface area contributed by atoms with E-state index in [1.54, 1.807) is 6.66 Å². The van der Waals surface area contributed by atoms with Gasteiger partial charge in [0.05, 0.1) is 0 Å². The molecular formula is C16H26NO6PS. The molecule has 2 saturated heterocycles. The van der Waals surface area contributed by atoms with E-state index in [2.05, 4.69) is 0 Å². The van der Waals surface area contributed by atoms with Gasteiger partial charge < -0.3 is 0 Å². The van der Waals surface area contributed by atoms with E-state index in [4.69, 9.17) is 19.6 Å². The van der Waals surface area contributed by atoms with Gasteiger partial charge in [-0.3, -0.25) is 0 Å². The Morgan fingerprint density at radius 2 is 1.40 bits per heavy atom. The largest absolute Gasteiger partial charge is 0.239 e. The van der Waals surface area contributed by atoms with Crippen LogP contribution in [-0.4, -0.2) is 44.1 Å². The summed E-state index contributed by atoms with van der Waals surface area (Å²) in [6.07, 6.45) is 6.75. The van der Waals surface area contributed by atoms with Crippen molar-refractivity contribution in [2.45, 2.75) is 56.5 Å². The fourth-order valence-corrected chi connectivity index (χ4v) is 8.03. The average Bonchev–Trinajstić information content (AvgIpc) is 2.61. The summed E-state index contributed by atoms with van der Waals surface area (Å²) < 4.78 is 25.6. The molecule has 1 unspecified atom stereocenters. The summed E-state index contributed by atoms with van der Waals surface area (Å²) in [6.45, 7) is 2.44. The lowest BCUT2D eigenvalue weighted by molar-refractivity contribution is -0.680. The molecule has 9 heteroatoms. The molecule has 0 N–H and O–H groups in total. The first-order valence-electron chi connectivity index (χ1n) is 9.37. The van der Waals surface area contributed by atoms with E-state index in [1.165, 1.54) is 10.7 Å². The average molecular weight is 391 g/mol. The van der Waals surface area contributed by atoms with Gasteiger partial charge in [0.15, 0.2) is 0 Å². The van der Waals surface area contributed by atoms with Crippen LogP contribution >= 0.6 is 7.78 Å². The Balaban J connectivity index is 1.27. The number of hydrogen-bond acceptors (Lipinski definition) is 6. The van der Waals surface area contributed by atoms with E-state index in [0.29, 0.717) is 37.8 Å².